The van der Waals surface area contributed by atoms with Gasteiger partial charge in [-0.1, -0.05) is 0 Å². The minimum atomic E-state index is -0.173. The quantitative estimate of drug-likeness (QED) is 0.592. The van der Waals surface area contributed by atoms with Gasteiger partial charge in [0, 0.05) is 10.9 Å². The number of fused-ring (bicyclic) bond motifs is 3. The molecule has 2 aliphatic carbocycles. The number of benzene rings is 1. The molecule has 5 nitrogen and oxygen atoms in total. The van der Waals surface area contributed by atoms with E-state index in [-0.39, 0.29) is 11.6 Å². The summed E-state index contributed by atoms with van der Waals surface area (Å²) >= 11 is 0. The predicted octanol–water partition coefficient (Wildman–Crippen LogP) is 5.85. The molecular formula is C22H23N3O2. The van der Waals surface area contributed by atoms with E-state index in [2.05, 4.69) is 23.1 Å². The molecule has 0 amide bonds. The number of pyridine rings is 1. The molecule has 2 bridgehead atoms. The van der Waals surface area contributed by atoms with Crippen molar-refractivity contribution in [2.45, 2.75) is 44.2 Å². The van der Waals surface area contributed by atoms with Crippen molar-refractivity contribution in [1.82, 2.24) is 4.98 Å². The van der Waals surface area contributed by atoms with E-state index in [4.69, 9.17) is 14.7 Å². The zero-order chi connectivity index (χ0) is 18.4. The smallest absolute Gasteiger partial charge is 0.138 e. The molecule has 2 aromatic heterocycles. The summed E-state index contributed by atoms with van der Waals surface area (Å²) in [6.07, 6.45) is 8.01. The van der Waals surface area contributed by atoms with E-state index in [0.29, 0.717) is 11.8 Å². The number of hydrogen-bond acceptors (Lipinski definition) is 5. The maximum absolute atomic E-state index is 7.60. The van der Waals surface area contributed by atoms with Gasteiger partial charge < -0.3 is 9.15 Å². The molecule has 3 aromatic rings. The lowest BCUT2D eigenvalue weighted by molar-refractivity contribution is 0.0659. The Morgan fingerprint density at radius 2 is 1.96 bits per heavy atom. The number of nitrogens with one attached hydrogen (secondary N) is 1. The van der Waals surface area contributed by atoms with Crippen LogP contribution in [0.2, 0.25) is 0 Å². The maximum Gasteiger partial charge on any atom is 0.138 e. The van der Waals surface area contributed by atoms with Gasteiger partial charge in [-0.05, 0) is 80.8 Å². The summed E-state index contributed by atoms with van der Waals surface area (Å²) in [5, 5.41) is 5.06. The second kappa shape index (κ2) is 6.19. The van der Waals surface area contributed by atoms with E-state index in [0.717, 1.165) is 53.7 Å². The van der Waals surface area contributed by atoms with Gasteiger partial charge in [0.25, 0.3) is 0 Å². The fraction of sp³-hybridized carbons (Fsp3) is 0.409. The van der Waals surface area contributed by atoms with Gasteiger partial charge >= 0.3 is 0 Å². The molecule has 27 heavy (non-hydrogen) atoms. The van der Waals surface area contributed by atoms with Crippen molar-refractivity contribution in [2.24, 2.45) is 17.0 Å². The Hall–Kier alpha value is -2.69. The molecular weight excluding hydrogens is 338 g/mol. The molecule has 0 spiro atoms. The Morgan fingerprint density at radius 1 is 1.15 bits per heavy atom. The SMILES string of the molecule is CC1(N=N)C2CCC1CC(Oc1ccc(-c3ccc4occc4c3)nc1)C2. The monoisotopic (exact) mass is 361 g/mol. The first-order chi connectivity index (χ1) is 13.2. The molecule has 2 unspecified atom stereocenters. The summed E-state index contributed by atoms with van der Waals surface area (Å²) in [5.74, 6) is 1.75. The van der Waals surface area contributed by atoms with E-state index in [1.54, 1.807) is 6.26 Å². The fourth-order valence-corrected chi connectivity index (χ4v) is 4.98. The highest BCUT2D eigenvalue weighted by atomic mass is 16.5. The van der Waals surface area contributed by atoms with Crippen molar-refractivity contribution in [3.8, 4) is 17.0 Å². The zero-order valence-corrected chi connectivity index (χ0v) is 15.4. The van der Waals surface area contributed by atoms with Gasteiger partial charge in [-0.15, -0.1) is 0 Å². The Kier molecular flexibility index (Phi) is 3.78. The molecule has 2 atom stereocenters. The molecule has 1 N–H and O–H groups in total. The van der Waals surface area contributed by atoms with Crippen molar-refractivity contribution in [1.29, 1.82) is 5.53 Å². The van der Waals surface area contributed by atoms with Gasteiger partial charge in [0.15, 0.2) is 0 Å². The average molecular weight is 361 g/mol. The molecule has 2 heterocycles. The van der Waals surface area contributed by atoms with Crippen molar-refractivity contribution in [3.05, 3.63) is 48.9 Å². The van der Waals surface area contributed by atoms with Gasteiger partial charge in [0.05, 0.1) is 29.8 Å². The first-order valence-corrected chi connectivity index (χ1v) is 9.64. The lowest BCUT2D eigenvalue weighted by atomic mass is 9.72. The lowest BCUT2D eigenvalue weighted by Crippen LogP contribution is -2.43. The van der Waals surface area contributed by atoms with Crippen molar-refractivity contribution < 1.29 is 9.15 Å². The van der Waals surface area contributed by atoms with Crippen LogP contribution in [0.1, 0.15) is 32.6 Å². The summed E-state index contributed by atoms with van der Waals surface area (Å²) < 4.78 is 11.6. The molecule has 2 fully saturated rings. The van der Waals surface area contributed by atoms with Crippen LogP contribution in [0.25, 0.3) is 22.2 Å². The van der Waals surface area contributed by atoms with Gasteiger partial charge in [-0.3, -0.25) is 4.98 Å². The minimum Gasteiger partial charge on any atom is -0.489 e. The highest BCUT2D eigenvalue weighted by Gasteiger charge is 2.52. The van der Waals surface area contributed by atoms with Crippen LogP contribution in [0, 0.1) is 17.4 Å². The zero-order valence-electron chi connectivity index (χ0n) is 15.4. The topological polar surface area (TPSA) is 71.5 Å². The van der Waals surface area contributed by atoms with Crippen molar-refractivity contribution in [3.63, 3.8) is 0 Å². The van der Waals surface area contributed by atoms with Crippen LogP contribution in [0.4, 0.5) is 0 Å². The molecule has 5 rings (SSSR count). The summed E-state index contributed by atoms with van der Waals surface area (Å²) in [5.41, 5.74) is 10.3. The first-order valence-electron chi connectivity index (χ1n) is 9.64. The van der Waals surface area contributed by atoms with Crippen LogP contribution in [-0.2, 0) is 0 Å². The number of ether oxygens (including phenoxy) is 1. The van der Waals surface area contributed by atoms with Crippen LogP contribution in [-0.4, -0.2) is 16.6 Å². The minimum absolute atomic E-state index is 0.173. The summed E-state index contributed by atoms with van der Waals surface area (Å²) in [6.45, 7) is 2.14. The Labute approximate surface area is 158 Å². The van der Waals surface area contributed by atoms with Crippen LogP contribution in [0.5, 0.6) is 5.75 Å². The van der Waals surface area contributed by atoms with Crippen LogP contribution in [0.3, 0.4) is 0 Å². The van der Waals surface area contributed by atoms with Crippen molar-refractivity contribution >= 4 is 11.0 Å². The first kappa shape index (κ1) is 16.5. The molecule has 0 saturated heterocycles. The Balaban J connectivity index is 1.31. The third-order valence-electron chi connectivity index (χ3n) is 6.64. The standard InChI is InChI=1S/C22H23N3O2/c1-22(25-23)16-3-4-17(22)12-19(11-16)27-18-5-6-20(24-13-18)14-2-7-21-15(10-14)8-9-26-21/h2,5-10,13,16-17,19,23H,3-4,11-12H2,1H3. The van der Waals surface area contributed by atoms with Crippen molar-refractivity contribution in [2.75, 3.05) is 0 Å². The molecule has 0 aliphatic heterocycles. The Bertz CT molecular complexity index is 965. The van der Waals surface area contributed by atoms with Gasteiger partial charge in [-0.2, -0.15) is 5.11 Å². The van der Waals surface area contributed by atoms with Crippen LogP contribution >= 0.6 is 0 Å². The second-order valence-electron chi connectivity index (χ2n) is 8.07. The third kappa shape index (κ3) is 2.73. The van der Waals surface area contributed by atoms with E-state index in [1.807, 2.05) is 36.5 Å². The number of rotatable bonds is 4. The molecule has 1 aromatic carbocycles. The summed E-state index contributed by atoms with van der Waals surface area (Å²) in [7, 11) is 0. The highest BCUT2D eigenvalue weighted by molar-refractivity contribution is 5.82. The Morgan fingerprint density at radius 3 is 2.67 bits per heavy atom. The number of hydrogen-bond donors (Lipinski definition) is 1. The van der Waals surface area contributed by atoms with E-state index < -0.39 is 0 Å². The highest BCUT2D eigenvalue weighted by Crippen LogP contribution is 2.52. The van der Waals surface area contributed by atoms with Gasteiger partial charge in [0.2, 0.25) is 0 Å². The number of furan rings is 1. The largest absolute Gasteiger partial charge is 0.489 e. The maximum atomic E-state index is 7.60. The lowest BCUT2D eigenvalue weighted by Gasteiger charge is -2.39. The van der Waals surface area contributed by atoms with Crippen LogP contribution in [0.15, 0.2) is 58.4 Å². The molecule has 2 aliphatic rings. The van der Waals surface area contributed by atoms with E-state index in [1.165, 1.54) is 0 Å². The van der Waals surface area contributed by atoms with E-state index >= 15 is 0 Å². The van der Waals surface area contributed by atoms with E-state index in [9.17, 15) is 0 Å². The predicted molar refractivity (Wildman–Crippen MR) is 103 cm³/mol. The number of aromatic nitrogens is 1. The fourth-order valence-electron chi connectivity index (χ4n) is 4.98. The van der Waals surface area contributed by atoms with Gasteiger partial charge in [-0.25, -0.2) is 5.53 Å². The summed E-state index contributed by atoms with van der Waals surface area (Å²) in [4.78, 5) is 4.60. The number of nitrogens with zero attached hydrogens (tertiary/aromatic N) is 2. The van der Waals surface area contributed by atoms with Crippen LogP contribution < -0.4 is 4.74 Å². The second-order valence-corrected chi connectivity index (χ2v) is 8.07. The third-order valence-corrected chi connectivity index (χ3v) is 6.64. The summed E-state index contributed by atoms with van der Waals surface area (Å²) in [6, 6.07) is 12.1. The molecule has 2 saturated carbocycles. The molecule has 138 valence electrons. The molecule has 0 radical (unpaired) electrons. The van der Waals surface area contributed by atoms with Gasteiger partial charge in [0.1, 0.15) is 11.3 Å². The molecule has 5 heteroatoms. The normalized spacial score (nSPS) is 29.7. The average Bonchev–Trinajstić information content (AvgIpc) is 3.20.